The Balaban J connectivity index is 1.67. The van der Waals surface area contributed by atoms with Crippen LogP contribution in [0, 0.1) is 0 Å². The van der Waals surface area contributed by atoms with E-state index in [1.807, 2.05) is 0 Å². The summed E-state index contributed by atoms with van der Waals surface area (Å²) in [5, 5.41) is 2.63. The molecule has 1 atom stereocenters. The number of anilines is 1. The molecule has 24 heavy (non-hydrogen) atoms. The third-order valence-corrected chi connectivity index (χ3v) is 6.76. The van der Waals surface area contributed by atoms with Crippen LogP contribution >= 0.6 is 0 Å². The molecule has 1 aromatic heterocycles. The summed E-state index contributed by atoms with van der Waals surface area (Å²) in [6.45, 7) is 2.32. The molecule has 1 N–H and O–H groups in total. The van der Waals surface area contributed by atoms with Crippen LogP contribution in [0.5, 0.6) is 0 Å². The molecule has 0 aliphatic carbocycles. The molecule has 0 unspecified atom stereocenters. The van der Waals surface area contributed by atoms with Gasteiger partial charge in [0.1, 0.15) is 5.82 Å². The lowest BCUT2D eigenvalue weighted by Gasteiger charge is -2.36. The predicted molar refractivity (Wildman–Crippen MR) is 83.2 cm³/mol. The van der Waals surface area contributed by atoms with E-state index in [0.29, 0.717) is 32.6 Å². The van der Waals surface area contributed by atoms with Crippen LogP contribution in [0.1, 0.15) is 12.0 Å². The first kappa shape index (κ1) is 17.4. The number of aromatic nitrogens is 1. The molecular weight excluding hydrogens is 345 g/mol. The lowest BCUT2D eigenvalue weighted by atomic mass is 10.2. The number of hydrogen-bond acceptors (Lipinski definition) is 5. The van der Waals surface area contributed by atoms with Crippen molar-refractivity contribution < 1.29 is 21.6 Å². The first-order valence-electron chi connectivity index (χ1n) is 7.76. The van der Waals surface area contributed by atoms with E-state index in [-0.39, 0.29) is 18.9 Å². The van der Waals surface area contributed by atoms with Gasteiger partial charge in [-0.05, 0) is 25.1 Å². The number of piperazine rings is 1. The van der Waals surface area contributed by atoms with Gasteiger partial charge in [0, 0.05) is 38.9 Å². The van der Waals surface area contributed by atoms with Gasteiger partial charge >= 0.3 is 6.18 Å². The van der Waals surface area contributed by atoms with E-state index in [4.69, 9.17) is 0 Å². The Labute approximate surface area is 138 Å². The maximum absolute atomic E-state index is 12.8. The monoisotopic (exact) mass is 364 g/mol. The molecule has 1 aromatic rings. The molecule has 2 fully saturated rings. The molecule has 0 aromatic carbocycles. The van der Waals surface area contributed by atoms with Crippen LogP contribution in [0.25, 0.3) is 0 Å². The molecule has 3 rings (SSSR count). The van der Waals surface area contributed by atoms with Gasteiger partial charge < -0.3 is 10.2 Å². The smallest absolute Gasteiger partial charge is 0.354 e. The van der Waals surface area contributed by atoms with Gasteiger partial charge in [0.05, 0.1) is 10.8 Å². The Bertz CT molecular complexity index is 682. The number of pyridine rings is 1. The number of rotatable bonds is 3. The average molecular weight is 364 g/mol. The van der Waals surface area contributed by atoms with Gasteiger partial charge in [-0.2, -0.15) is 17.5 Å². The summed E-state index contributed by atoms with van der Waals surface area (Å²) in [7, 11) is -3.36. The summed E-state index contributed by atoms with van der Waals surface area (Å²) >= 11 is 0. The van der Waals surface area contributed by atoms with Gasteiger partial charge in [0.2, 0.25) is 10.0 Å². The van der Waals surface area contributed by atoms with Crippen LogP contribution in [0.15, 0.2) is 18.3 Å². The standard InChI is InChI=1S/C14H19F3N4O2S/c15-14(16,17)11-1-4-19-13(9-11)20-5-7-21(8-6-20)24(22,23)12-2-3-18-10-12/h1,4,9,12,18H,2-3,5-8,10H2/t12-/m0/s1. The highest BCUT2D eigenvalue weighted by Crippen LogP contribution is 2.31. The van der Waals surface area contributed by atoms with Gasteiger partial charge in [0.15, 0.2) is 0 Å². The topological polar surface area (TPSA) is 65.5 Å². The van der Waals surface area contributed by atoms with Crippen molar-refractivity contribution in [3.05, 3.63) is 23.9 Å². The zero-order chi connectivity index (χ0) is 17.4. The molecule has 2 aliphatic rings. The van der Waals surface area contributed by atoms with Crippen molar-refractivity contribution in [2.24, 2.45) is 0 Å². The number of alkyl halides is 3. The van der Waals surface area contributed by atoms with Gasteiger partial charge in [0.25, 0.3) is 0 Å². The second-order valence-corrected chi connectivity index (χ2v) is 8.16. The van der Waals surface area contributed by atoms with Crippen LogP contribution in [0.4, 0.5) is 19.0 Å². The summed E-state index contributed by atoms with van der Waals surface area (Å²) in [5.74, 6) is 0.226. The highest BCUT2D eigenvalue weighted by atomic mass is 32.2. The fourth-order valence-electron chi connectivity index (χ4n) is 3.03. The van der Waals surface area contributed by atoms with Crippen molar-refractivity contribution in [2.45, 2.75) is 17.8 Å². The summed E-state index contributed by atoms with van der Waals surface area (Å²) in [5.41, 5.74) is -0.750. The van der Waals surface area contributed by atoms with Crippen molar-refractivity contribution >= 4 is 15.8 Å². The maximum Gasteiger partial charge on any atom is 0.416 e. The van der Waals surface area contributed by atoms with Crippen LogP contribution in [0.3, 0.4) is 0 Å². The van der Waals surface area contributed by atoms with Crippen molar-refractivity contribution in [1.82, 2.24) is 14.6 Å². The van der Waals surface area contributed by atoms with Crippen LogP contribution in [-0.4, -0.2) is 62.2 Å². The van der Waals surface area contributed by atoms with E-state index in [0.717, 1.165) is 18.3 Å². The van der Waals surface area contributed by atoms with Gasteiger partial charge in [-0.1, -0.05) is 0 Å². The normalized spacial score (nSPS) is 23.6. The molecule has 2 aliphatic heterocycles. The van der Waals surface area contributed by atoms with Crippen LogP contribution in [-0.2, 0) is 16.2 Å². The zero-order valence-corrected chi connectivity index (χ0v) is 13.8. The summed E-state index contributed by atoms with van der Waals surface area (Å²) in [6.07, 6.45) is -2.69. The molecule has 0 bridgehead atoms. The largest absolute Gasteiger partial charge is 0.416 e. The second kappa shape index (κ2) is 6.49. The van der Waals surface area contributed by atoms with Crippen molar-refractivity contribution in [1.29, 1.82) is 0 Å². The highest BCUT2D eigenvalue weighted by Gasteiger charge is 2.36. The van der Waals surface area contributed by atoms with Crippen LogP contribution < -0.4 is 10.2 Å². The van der Waals surface area contributed by atoms with E-state index < -0.39 is 27.0 Å². The second-order valence-electron chi connectivity index (χ2n) is 5.95. The summed E-state index contributed by atoms with van der Waals surface area (Å²) in [6, 6.07) is 1.93. The van der Waals surface area contributed by atoms with Crippen molar-refractivity contribution in [2.75, 3.05) is 44.2 Å². The minimum absolute atomic E-state index is 0.226. The molecule has 3 heterocycles. The SMILES string of the molecule is O=S(=O)([C@H]1CCNC1)N1CCN(c2cc(C(F)(F)F)ccn2)CC1. The lowest BCUT2D eigenvalue weighted by molar-refractivity contribution is -0.137. The first-order valence-corrected chi connectivity index (χ1v) is 9.27. The number of halogens is 3. The molecule has 2 saturated heterocycles. The van der Waals surface area contributed by atoms with Crippen molar-refractivity contribution in [3.63, 3.8) is 0 Å². The Hall–Kier alpha value is -1.39. The average Bonchev–Trinajstić information content (AvgIpc) is 3.10. The lowest BCUT2D eigenvalue weighted by Crippen LogP contribution is -2.51. The third-order valence-electron chi connectivity index (χ3n) is 4.43. The van der Waals surface area contributed by atoms with Gasteiger partial charge in [-0.25, -0.2) is 13.4 Å². The van der Waals surface area contributed by atoms with E-state index in [1.54, 1.807) is 4.90 Å². The zero-order valence-electron chi connectivity index (χ0n) is 13.0. The molecule has 6 nitrogen and oxygen atoms in total. The molecule has 0 spiro atoms. The minimum atomic E-state index is -4.42. The third kappa shape index (κ3) is 3.50. The first-order chi connectivity index (χ1) is 11.3. The van der Waals surface area contributed by atoms with E-state index in [2.05, 4.69) is 10.3 Å². The molecule has 0 radical (unpaired) electrons. The fraction of sp³-hybridized carbons (Fsp3) is 0.643. The molecular formula is C14H19F3N4O2S. The Morgan fingerprint density at radius 2 is 1.92 bits per heavy atom. The molecule has 0 saturated carbocycles. The molecule has 0 amide bonds. The quantitative estimate of drug-likeness (QED) is 0.864. The highest BCUT2D eigenvalue weighted by molar-refractivity contribution is 7.89. The predicted octanol–water partition coefficient (Wildman–Crippen LogP) is 0.914. The van der Waals surface area contributed by atoms with E-state index in [9.17, 15) is 21.6 Å². The Morgan fingerprint density at radius 1 is 1.21 bits per heavy atom. The number of sulfonamides is 1. The molecule has 134 valence electrons. The number of nitrogens with zero attached hydrogens (tertiary/aromatic N) is 3. The van der Waals surface area contributed by atoms with E-state index >= 15 is 0 Å². The van der Waals surface area contributed by atoms with Gasteiger partial charge in [-0.15, -0.1) is 0 Å². The molecule has 10 heteroatoms. The van der Waals surface area contributed by atoms with Crippen molar-refractivity contribution in [3.8, 4) is 0 Å². The van der Waals surface area contributed by atoms with Crippen LogP contribution in [0.2, 0.25) is 0 Å². The summed E-state index contributed by atoms with van der Waals surface area (Å²) in [4.78, 5) is 5.68. The van der Waals surface area contributed by atoms with Gasteiger partial charge in [-0.3, -0.25) is 0 Å². The minimum Gasteiger partial charge on any atom is -0.354 e. The summed E-state index contributed by atoms with van der Waals surface area (Å²) < 4.78 is 64.8. The fourth-order valence-corrected chi connectivity index (χ4v) is 4.87. The number of nitrogens with one attached hydrogen (secondary N) is 1. The Morgan fingerprint density at radius 3 is 2.50 bits per heavy atom. The maximum atomic E-state index is 12.8. The number of hydrogen-bond donors (Lipinski definition) is 1. The Kier molecular flexibility index (Phi) is 4.71. The van der Waals surface area contributed by atoms with E-state index in [1.165, 1.54) is 4.31 Å².